The predicted molar refractivity (Wildman–Crippen MR) is 93.9 cm³/mol. The smallest absolute Gasteiger partial charge is 0.340 e. The molecule has 0 aromatic heterocycles. The summed E-state index contributed by atoms with van der Waals surface area (Å²) in [6.45, 7) is 1.71. The summed E-state index contributed by atoms with van der Waals surface area (Å²) in [5.41, 5.74) is 1.19. The SMILES string of the molecule is CSc1ccccc1C(=O)OC1(c2ccccc2)CCNCC1. The van der Waals surface area contributed by atoms with Crippen LogP contribution in [-0.4, -0.2) is 25.3 Å². The first kappa shape index (κ1) is 16.1. The van der Waals surface area contributed by atoms with Gasteiger partial charge in [0.2, 0.25) is 0 Å². The highest BCUT2D eigenvalue weighted by Crippen LogP contribution is 2.36. The Labute approximate surface area is 141 Å². The van der Waals surface area contributed by atoms with E-state index in [9.17, 15) is 4.79 Å². The normalized spacial score (nSPS) is 16.7. The van der Waals surface area contributed by atoms with Gasteiger partial charge in [0, 0.05) is 17.7 Å². The molecule has 0 radical (unpaired) electrons. The number of carbonyl (C=O) groups excluding carboxylic acids is 1. The molecule has 1 fully saturated rings. The van der Waals surface area contributed by atoms with Crippen molar-refractivity contribution < 1.29 is 9.53 Å². The van der Waals surface area contributed by atoms with Crippen LogP contribution in [0.2, 0.25) is 0 Å². The molecule has 3 nitrogen and oxygen atoms in total. The molecular formula is C19H21NO2S. The second-order valence-corrected chi connectivity index (χ2v) is 6.55. The topological polar surface area (TPSA) is 38.3 Å². The zero-order chi connectivity index (χ0) is 16.1. The summed E-state index contributed by atoms with van der Waals surface area (Å²) < 4.78 is 6.10. The molecule has 1 aliphatic heterocycles. The average Bonchev–Trinajstić information content (AvgIpc) is 2.63. The van der Waals surface area contributed by atoms with Crippen LogP contribution >= 0.6 is 11.8 Å². The molecule has 2 aromatic rings. The Balaban J connectivity index is 1.91. The molecule has 120 valence electrons. The molecule has 0 aliphatic carbocycles. The van der Waals surface area contributed by atoms with Gasteiger partial charge in [0.1, 0.15) is 5.60 Å². The van der Waals surface area contributed by atoms with E-state index in [1.165, 1.54) is 0 Å². The van der Waals surface area contributed by atoms with E-state index in [2.05, 4.69) is 17.4 Å². The van der Waals surface area contributed by atoms with Gasteiger partial charge in [-0.3, -0.25) is 0 Å². The van der Waals surface area contributed by atoms with E-state index in [4.69, 9.17) is 4.74 Å². The van der Waals surface area contributed by atoms with E-state index in [-0.39, 0.29) is 5.97 Å². The second kappa shape index (κ2) is 7.20. The molecule has 23 heavy (non-hydrogen) atoms. The summed E-state index contributed by atoms with van der Waals surface area (Å²) in [5.74, 6) is -0.235. The van der Waals surface area contributed by atoms with E-state index in [0.717, 1.165) is 36.4 Å². The van der Waals surface area contributed by atoms with E-state index in [1.54, 1.807) is 11.8 Å². The standard InChI is InChI=1S/C19H21NO2S/c1-23-17-10-6-5-9-16(17)18(21)22-19(11-13-20-14-12-19)15-7-3-2-4-8-15/h2-10,20H,11-14H2,1H3. The van der Waals surface area contributed by atoms with Crippen molar-refractivity contribution in [3.63, 3.8) is 0 Å². The lowest BCUT2D eigenvalue weighted by molar-refractivity contribution is -0.0381. The Kier molecular flexibility index (Phi) is 5.03. The van der Waals surface area contributed by atoms with Gasteiger partial charge in [-0.05, 0) is 37.0 Å². The Morgan fingerprint density at radius 3 is 2.39 bits per heavy atom. The van der Waals surface area contributed by atoms with Crippen LogP contribution in [0.1, 0.15) is 28.8 Å². The van der Waals surface area contributed by atoms with Crippen LogP contribution in [0.15, 0.2) is 59.5 Å². The Bertz CT molecular complexity index is 666. The number of nitrogens with one attached hydrogen (secondary N) is 1. The van der Waals surface area contributed by atoms with Gasteiger partial charge in [0.25, 0.3) is 0 Å². The highest BCUT2D eigenvalue weighted by Gasteiger charge is 2.38. The van der Waals surface area contributed by atoms with Crippen LogP contribution in [0.4, 0.5) is 0 Å². The van der Waals surface area contributed by atoms with Crippen molar-refractivity contribution in [2.24, 2.45) is 0 Å². The monoisotopic (exact) mass is 327 g/mol. The van der Waals surface area contributed by atoms with Gasteiger partial charge >= 0.3 is 5.97 Å². The zero-order valence-corrected chi connectivity index (χ0v) is 14.1. The third-order valence-corrected chi connectivity index (χ3v) is 5.12. The van der Waals surface area contributed by atoms with Crippen LogP contribution < -0.4 is 5.32 Å². The molecule has 4 heteroatoms. The van der Waals surface area contributed by atoms with Crippen LogP contribution in [0, 0.1) is 0 Å². The Hall–Kier alpha value is -1.78. The lowest BCUT2D eigenvalue weighted by atomic mass is 9.84. The quantitative estimate of drug-likeness (QED) is 0.684. The third kappa shape index (κ3) is 3.43. The molecule has 0 amide bonds. The number of esters is 1. The number of thioether (sulfide) groups is 1. The fourth-order valence-electron chi connectivity index (χ4n) is 3.07. The first-order valence-corrected chi connectivity index (χ1v) is 9.10. The number of benzene rings is 2. The van der Waals surface area contributed by atoms with Gasteiger partial charge in [0.05, 0.1) is 5.56 Å². The first-order chi connectivity index (χ1) is 11.2. The molecule has 0 unspecified atom stereocenters. The van der Waals surface area contributed by atoms with Crippen molar-refractivity contribution in [1.29, 1.82) is 0 Å². The van der Waals surface area contributed by atoms with Crippen molar-refractivity contribution in [1.82, 2.24) is 5.32 Å². The molecule has 1 aliphatic rings. The number of carbonyl (C=O) groups is 1. The molecule has 0 atom stereocenters. The lowest BCUT2D eigenvalue weighted by Crippen LogP contribution is -2.43. The Morgan fingerprint density at radius 1 is 1.04 bits per heavy atom. The molecule has 0 spiro atoms. The minimum atomic E-state index is -0.533. The molecule has 3 rings (SSSR count). The van der Waals surface area contributed by atoms with Crippen molar-refractivity contribution >= 4 is 17.7 Å². The number of rotatable bonds is 4. The van der Waals surface area contributed by atoms with Crippen LogP contribution in [0.5, 0.6) is 0 Å². The van der Waals surface area contributed by atoms with Crippen LogP contribution in [0.3, 0.4) is 0 Å². The lowest BCUT2D eigenvalue weighted by Gasteiger charge is -2.37. The minimum Gasteiger partial charge on any atom is -0.450 e. The highest BCUT2D eigenvalue weighted by atomic mass is 32.2. The van der Waals surface area contributed by atoms with Crippen molar-refractivity contribution in [3.8, 4) is 0 Å². The van der Waals surface area contributed by atoms with Gasteiger partial charge in [-0.25, -0.2) is 4.79 Å². The number of hydrogen-bond acceptors (Lipinski definition) is 4. The number of hydrogen-bond donors (Lipinski definition) is 1. The van der Waals surface area contributed by atoms with E-state index < -0.39 is 5.60 Å². The van der Waals surface area contributed by atoms with Gasteiger partial charge < -0.3 is 10.1 Å². The van der Waals surface area contributed by atoms with Crippen molar-refractivity contribution in [2.45, 2.75) is 23.3 Å². The fourth-order valence-corrected chi connectivity index (χ4v) is 3.65. The largest absolute Gasteiger partial charge is 0.450 e. The van der Waals surface area contributed by atoms with Gasteiger partial charge in [0.15, 0.2) is 0 Å². The average molecular weight is 327 g/mol. The van der Waals surface area contributed by atoms with E-state index in [1.807, 2.05) is 48.7 Å². The maximum absolute atomic E-state index is 12.8. The number of piperidine rings is 1. The molecule has 0 saturated carbocycles. The fraction of sp³-hybridized carbons (Fsp3) is 0.316. The highest BCUT2D eigenvalue weighted by molar-refractivity contribution is 7.98. The zero-order valence-electron chi connectivity index (χ0n) is 13.2. The number of ether oxygens (including phenoxy) is 1. The van der Waals surface area contributed by atoms with Crippen LogP contribution in [-0.2, 0) is 10.3 Å². The summed E-state index contributed by atoms with van der Waals surface area (Å²) in [6, 6.07) is 17.7. The van der Waals surface area contributed by atoms with E-state index in [0.29, 0.717) is 5.56 Å². The van der Waals surface area contributed by atoms with Gasteiger partial charge in [-0.1, -0.05) is 42.5 Å². The molecule has 1 saturated heterocycles. The predicted octanol–water partition coefficient (Wildman–Crippen LogP) is 3.84. The van der Waals surface area contributed by atoms with Crippen molar-refractivity contribution in [2.75, 3.05) is 19.3 Å². The van der Waals surface area contributed by atoms with Crippen LogP contribution in [0.25, 0.3) is 0 Å². The molecule has 1 N–H and O–H groups in total. The summed E-state index contributed by atoms with van der Waals surface area (Å²) in [6.07, 6.45) is 3.57. The second-order valence-electron chi connectivity index (χ2n) is 5.70. The van der Waals surface area contributed by atoms with Gasteiger partial charge in [-0.15, -0.1) is 11.8 Å². The maximum atomic E-state index is 12.8. The van der Waals surface area contributed by atoms with Crippen molar-refractivity contribution in [3.05, 3.63) is 65.7 Å². The molecule has 1 heterocycles. The minimum absolute atomic E-state index is 0.235. The molecular weight excluding hydrogens is 306 g/mol. The van der Waals surface area contributed by atoms with E-state index >= 15 is 0 Å². The first-order valence-electron chi connectivity index (χ1n) is 7.88. The maximum Gasteiger partial charge on any atom is 0.340 e. The summed E-state index contributed by atoms with van der Waals surface area (Å²) in [7, 11) is 0. The molecule has 0 bridgehead atoms. The molecule has 2 aromatic carbocycles. The summed E-state index contributed by atoms with van der Waals surface area (Å²) >= 11 is 1.57. The third-order valence-electron chi connectivity index (χ3n) is 4.33. The van der Waals surface area contributed by atoms with Gasteiger partial charge in [-0.2, -0.15) is 0 Å². The summed E-state index contributed by atoms with van der Waals surface area (Å²) in [5, 5.41) is 3.35. The summed E-state index contributed by atoms with van der Waals surface area (Å²) in [4.78, 5) is 13.8. The Morgan fingerprint density at radius 2 is 1.70 bits per heavy atom.